The summed E-state index contributed by atoms with van der Waals surface area (Å²) < 4.78 is 4.83. The number of nitrogens with one attached hydrogen (secondary N) is 1. The van der Waals surface area contributed by atoms with Crippen LogP contribution < -0.4 is 5.32 Å². The lowest BCUT2D eigenvalue weighted by Gasteiger charge is -2.27. The number of pyridine rings is 1. The molecule has 1 N–H and O–H groups in total. The topological polar surface area (TPSA) is 34.2 Å². The van der Waals surface area contributed by atoms with Crippen LogP contribution in [0.1, 0.15) is 57.2 Å². The lowest BCUT2D eigenvalue weighted by atomic mass is 9.83. The van der Waals surface area contributed by atoms with Gasteiger partial charge in [-0.05, 0) is 69.5 Å². The number of benzene rings is 1. The Morgan fingerprint density at radius 1 is 1.04 bits per heavy atom. The first-order valence-corrected chi connectivity index (χ1v) is 9.36. The maximum atomic E-state index is 5.97. The van der Waals surface area contributed by atoms with Gasteiger partial charge in [0, 0.05) is 48.1 Å². The third kappa shape index (κ3) is 6.24. The molecule has 5 heteroatoms. The van der Waals surface area contributed by atoms with E-state index in [-0.39, 0.29) is 17.9 Å². The summed E-state index contributed by atoms with van der Waals surface area (Å²) in [6.45, 7) is 10.2. The minimum Gasteiger partial charge on any atom is -0.382 e. The van der Waals surface area contributed by atoms with Crippen LogP contribution in [-0.2, 0) is 4.74 Å². The second-order valence-corrected chi connectivity index (χ2v) is 7.26. The standard InChI is InChI=1S/C17H19ClN2.C4H10O.ClH/c1-17(2)15(12-7-9-19-10-8-12)11-16(20-17)13-3-5-14(18)6-4-13;1-3-5-4-2;/h3-10,15-16,20H,11H2,1-2H3;3-4H2,1-2H3;1H/t15-,16+;;/m1../s1. The Labute approximate surface area is 168 Å². The number of halogens is 2. The monoisotopic (exact) mass is 396 g/mol. The van der Waals surface area contributed by atoms with Gasteiger partial charge in [0.25, 0.3) is 0 Å². The van der Waals surface area contributed by atoms with Crippen molar-refractivity contribution in [3.8, 4) is 0 Å². The van der Waals surface area contributed by atoms with Crippen molar-refractivity contribution in [2.24, 2.45) is 0 Å². The van der Waals surface area contributed by atoms with Gasteiger partial charge < -0.3 is 10.1 Å². The molecule has 144 valence electrons. The molecular formula is C21H30Cl2N2O. The quantitative estimate of drug-likeness (QED) is 0.708. The molecule has 2 aromatic rings. The molecule has 1 aliphatic heterocycles. The zero-order valence-corrected chi connectivity index (χ0v) is 17.6. The molecule has 0 aliphatic carbocycles. The Kier molecular flexibility index (Phi) is 9.59. The van der Waals surface area contributed by atoms with E-state index in [2.05, 4.69) is 48.4 Å². The molecule has 1 fully saturated rings. The highest BCUT2D eigenvalue weighted by molar-refractivity contribution is 6.30. The lowest BCUT2D eigenvalue weighted by Crippen LogP contribution is -2.37. The largest absolute Gasteiger partial charge is 0.382 e. The van der Waals surface area contributed by atoms with E-state index in [1.807, 2.05) is 38.4 Å². The van der Waals surface area contributed by atoms with Crippen molar-refractivity contribution in [1.29, 1.82) is 0 Å². The van der Waals surface area contributed by atoms with E-state index in [0.717, 1.165) is 24.7 Å². The van der Waals surface area contributed by atoms with E-state index in [1.165, 1.54) is 11.1 Å². The molecule has 2 heterocycles. The molecule has 1 aromatic heterocycles. The fraction of sp³-hybridized carbons (Fsp3) is 0.476. The van der Waals surface area contributed by atoms with Crippen molar-refractivity contribution < 1.29 is 4.74 Å². The Morgan fingerprint density at radius 3 is 2.12 bits per heavy atom. The number of hydrogen-bond donors (Lipinski definition) is 1. The number of nitrogens with zero attached hydrogens (tertiary/aromatic N) is 1. The second kappa shape index (κ2) is 10.9. The molecule has 3 rings (SSSR count). The average Bonchev–Trinajstić information content (AvgIpc) is 2.93. The fourth-order valence-corrected chi connectivity index (χ4v) is 3.53. The molecule has 0 amide bonds. The van der Waals surface area contributed by atoms with Crippen LogP contribution in [-0.4, -0.2) is 23.7 Å². The Bertz CT molecular complexity index is 630. The van der Waals surface area contributed by atoms with Crippen molar-refractivity contribution in [2.75, 3.05) is 13.2 Å². The van der Waals surface area contributed by atoms with Crippen LogP contribution in [0, 0.1) is 0 Å². The van der Waals surface area contributed by atoms with E-state index < -0.39 is 0 Å². The summed E-state index contributed by atoms with van der Waals surface area (Å²) in [5.74, 6) is 0.492. The average molecular weight is 397 g/mol. The van der Waals surface area contributed by atoms with E-state index >= 15 is 0 Å². The van der Waals surface area contributed by atoms with Crippen LogP contribution in [0.15, 0.2) is 48.8 Å². The van der Waals surface area contributed by atoms with Crippen molar-refractivity contribution in [1.82, 2.24) is 10.3 Å². The summed E-state index contributed by atoms with van der Waals surface area (Å²) in [6, 6.07) is 12.8. The molecule has 0 saturated carbocycles. The van der Waals surface area contributed by atoms with E-state index in [1.54, 1.807) is 0 Å². The third-order valence-electron chi connectivity index (χ3n) is 4.68. The zero-order chi connectivity index (χ0) is 18.3. The highest BCUT2D eigenvalue weighted by Gasteiger charge is 2.40. The maximum absolute atomic E-state index is 5.97. The Morgan fingerprint density at radius 2 is 1.62 bits per heavy atom. The molecule has 26 heavy (non-hydrogen) atoms. The van der Waals surface area contributed by atoms with Gasteiger partial charge in [-0.1, -0.05) is 23.7 Å². The van der Waals surface area contributed by atoms with Gasteiger partial charge in [0.05, 0.1) is 0 Å². The molecule has 0 radical (unpaired) electrons. The highest BCUT2D eigenvalue weighted by Crippen LogP contribution is 2.43. The highest BCUT2D eigenvalue weighted by atomic mass is 35.5. The van der Waals surface area contributed by atoms with Gasteiger partial charge in [0.2, 0.25) is 0 Å². The summed E-state index contributed by atoms with van der Waals surface area (Å²) in [5, 5.41) is 4.54. The SMILES string of the molecule is CC1(C)N[C@H](c2ccc(Cl)cc2)C[C@@H]1c1ccncc1.CCOCC.Cl. The number of rotatable bonds is 4. The smallest absolute Gasteiger partial charge is 0.0437 e. The minimum absolute atomic E-state index is 0. The number of hydrogen-bond acceptors (Lipinski definition) is 3. The molecule has 0 unspecified atom stereocenters. The van der Waals surface area contributed by atoms with Gasteiger partial charge in [-0.3, -0.25) is 4.98 Å². The second-order valence-electron chi connectivity index (χ2n) is 6.82. The molecule has 2 atom stereocenters. The minimum atomic E-state index is 0. The summed E-state index contributed by atoms with van der Waals surface area (Å²) in [7, 11) is 0. The lowest BCUT2D eigenvalue weighted by molar-refractivity contribution is 0.162. The molecule has 3 nitrogen and oxygen atoms in total. The first-order chi connectivity index (χ1) is 12.0. The van der Waals surface area contributed by atoms with Crippen molar-refractivity contribution >= 4 is 24.0 Å². The van der Waals surface area contributed by atoms with Gasteiger partial charge in [-0.25, -0.2) is 0 Å². The van der Waals surface area contributed by atoms with Gasteiger partial charge in [0.1, 0.15) is 0 Å². The Hall–Kier alpha value is -1.13. The number of aromatic nitrogens is 1. The van der Waals surface area contributed by atoms with Crippen LogP contribution in [0.5, 0.6) is 0 Å². The zero-order valence-electron chi connectivity index (χ0n) is 16.0. The first-order valence-electron chi connectivity index (χ1n) is 8.98. The van der Waals surface area contributed by atoms with Gasteiger partial charge in [-0.2, -0.15) is 0 Å². The summed E-state index contributed by atoms with van der Waals surface area (Å²) in [4.78, 5) is 4.12. The van der Waals surface area contributed by atoms with Crippen LogP contribution in [0.25, 0.3) is 0 Å². The molecule has 1 aromatic carbocycles. The van der Waals surface area contributed by atoms with Crippen LogP contribution in [0.3, 0.4) is 0 Å². The molecule has 1 aliphatic rings. The van der Waals surface area contributed by atoms with E-state index in [4.69, 9.17) is 16.3 Å². The van der Waals surface area contributed by atoms with Crippen molar-refractivity contribution in [3.63, 3.8) is 0 Å². The molecule has 0 bridgehead atoms. The fourth-order valence-electron chi connectivity index (χ4n) is 3.41. The van der Waals surface area contributed by atoms with E-state index in [0.29, 0.717) is 12.0 Å². The summed E-state index contributed by atoms with van der Waals surface area (Å²) >= 11 is 5.97. The van der Waals surface area contributed by atoms with Gasteiger partial charge in [-0.15, -0.1) is 12.4 Å². The normalized spacial score (nSPS) is 20.7. The first kappa shape index (κ1) is 22.9. The predicted octanol–water partition coefficient (Wildman–Crippen LogP) is 5.80. The molecular weight excluding hydrogens is 367 g/mol. The van der Waals surface area contributed by atoms with E-state index in [9.17, 15) is 0 Å². The Balaban J connectivity index is 0.000000501. The predicted molar refractivity (Wildman–Crippen MR) is 112 cm³/mol. The van der Waals surface area contributed by atoms with Crippen LogP contribution >= 0.6 is 24.0 Å². The summed E-state index contributed by atoms with van der Waals surface area (Å²) in [5.41, 5.74) is 2.74. The van der Waals surface area contributed by atoms with Crippen molar-refractivity contribution in [2.45, 2.75) is 51.6 Å². The maximum Gasteiger partial charge on any atom is 0.0437 e. The van der Waals surface area contributed by atoms with Crippen LogP contribution in [0.4, 0.5) is 0 Å². The van der Waals surface area contributed by atoms with Crippen LogP contribution in [0.2, 0.25) is 5.02 Å². The van der Waals surface area contributed by atoms with Crippen molar-refractivity contribution in [3.05, 3.63) is 64.9 Å². The third-order valence-corrected chi connectivity index (χ3v) is 4.93. The molecule has 1 saturated heterocycles. The molecule has 0 spiro atoms. The van der Waals surface area contributed by atoms with Gasteiger partial charge in [0.15, 0.2) is 0 Å². The number of ether oxygens (including phenoxy) is 1. The summed E-state index contributed by atoms with van der Waals surface area (Å²) in [6.07, 6.45) is 4.85. The van der Waals surface area contributed by atoms with Gasteiger partial charge >= 0.3 is 0 Å².